The first kappa shape index (κ1) is 18.8. The Morgan fingerprint density at radius 2 is 1.59 bits per heavy atom. The molecule has 4 aromatic rings. The number of methoxy groups -OCH3 is 1. The predicted octanol–water partition coefficient (Wildman–Crippen LogP) is 5.34. The van der Waals surface area contributed by atoms with Crippen LogP contribution in [0.1, 0.15) is 10.4 Å². The van der Waals surface area contributed by atoms with E-state index < -0.39 is 5.97 Å². The predicted molar refractivity (Wildman–Crippen MR) is 111 cm³/mol. The summed E-state index contributed by atoms with van der Waals surface area (Å²) in [5, 5.41) is 0.919. The molecule has 0 saturated carbocycles. The second-order valence-electron chi connectivity index (χ2n) is 6.26. The quantitative estimate of drug-likeness (QED) is 0.338. The fourth-order valence-electron chi connectivity index (χ4n) is 2.85. The molecule has 1 heterocycles. The summed E-state index contributed by atoms with van der Waals surface area (Å²) in [6, 6.07) is 19.6. The van der Waals surface area contributed by atoms with Crippen LogP contribution in [0.15, 0.2) is 82.0 Å². The van der Waals surface area contributed by atoms with Gasteiger partial charge in [0, 0.05) is 16.7 Å². The summed E-state index contributed by atoms with van der Waals surface area (Å²) in [5.41, 5.74) is 1.27. The molecule has 3 aromatic carbocycles. The molecule has 4 rings (SSSR count). The highest BCUT2D eigenvalue weighted by Crippen LogP contribution is 2.26. The number of halogens is 1. The number of ether oxygens (including phenoxy) is 2. The maximum Gasteiger partial charge on any atom is 0.343 e. The van der Waals surface area contributed by atoms with Crippen LogP contribution in [-0.2, 0) is 0 Å². The van der Waals surface area contributed by atoms with Crippen molar-refractivity contribution in [1.29, 1.82) is 0 Å². The monoisotopic (exact) mass is 406 g/mol. The van der Waals surface area contributed by atoms with Gasteiger partial charge in [-0.05, 0) is 66.7 Å². The van der Waals surface area contributed by atoms with E-state index >= 15 is 0 Å². The van der Waals surface area contributed by atoms with Gasteiger partial charge in [0.05, 0.1) is 18.1 Å². The van der Waals surface area contributed by atoms with Crippen molar-refractivity contribution in [2.45, 2.75) is 0 Å². The second kappa shape index (κ2) is 7.81. The lowest BCUT2D eigenvalue weighted by molar-refractivity contribution is 0.0735. The standard InChI is InChI=1S/C23H15ClO5/c1-27-17-8-4-15(5-9-17)23(26)28-18-10-11-21-19(12-18)20(25)13-22(29-21)14-2-6-16(24)7-3-14/h2-13H,1H3. The van der Waals surface area contributed by atoms with Crippen molar-refractivity contribution < 1.29 is 18.7 Å². The molecule has 6 heteroatoms. The van der Waals surface area contributed by atoms with E-state index in [1.807, 2.05) is 0 Å². The molecular weight excluding hydrogens is 392 g/mol. The molecule has 0 radical (unpaired) electrons. The Balaban J connectivity index is 1.63. The fraction of sp³-hybridized carbons (Fsp3) is 0.0435. The molecule has 0 bridgehead atoms. The van der Waals surface area contributed by atoms with Gasteiger partial charge in [-0.3, -0.25) is 4.79 Å². The summed E-state index contributed by atoms with van der Waals surface area (Å²) in [6.07, 6.45) is 0. The minimum absolute atomic E-state index is 0.237. The number of rotatable bonds is 4. The molecule has 144 valence electrons. The summed E-state index contributed by atoms with van der Waals surface area (Å²) in [6.45, 7) is 0. The first-order valence-electron chi connectivity index (χ1n) is 8.73. The first-order chi connectivity index (χ1) is 14.0. The van der Waals surface area contributed by atoms with Crippen LogP contribution in [0.5, 0.6) is 11.5 Å². The van der Waals surface area contributed by atoms with Gasteiger partial charge in [0.1, 0.15) is 22.8 Å². The summed E-state index contributed by atoms with van der Waals surface area (Å²) >= 11 is 5.90. The average Bonchev–Trinajstić information content (AvgIpc) is 2.74. The van der Waals surface area contributed by atoms with Crippen LogP contribution in [0.4, 0.5) is 0 Å². The van der Waals surface area contributed by atoms with Crippen LogP contribution in [0.2, 0.25) is 5.02 Å². The lowest BCUT2D eigenvalue weighted by atomic mass is 10.1. The Morgan fingerprint density at radius 1 is 0.897 bits per heavy atom. The van der Waals surface area contributed by atoms with Crippen molar-refractivity contribution in [2.75, 3.05) is 7.11 Å². The van der Waals surface area contributed by atoms with Gasteiger partial charge < -0.3 is 13.9 Å². The van der Waals surface area contributed by atoms with Crippen molar-refractivity contribution in [3.63, 3.8) is 0 Å². The number of esters is 1. The zero-order valence-corrected chi connectivity index (χ0v) is 16.1. The lowest BCUT2D eigenvalue weighted by Crippen LogP contribution is -2.09. The van der Waals surface area contributed by atoms with E-state index in [2.05, 4.69) is 0 Å². The normalized spacial score (nSPS) is 10.7. The Morgan fingerprint density at radius 3 is 2.28 bits per heavy atom. The highest BCUT2D eigenvalue weighted by atomic mass is 35.5. The molecule has 0 fully saturated rings. The fourth-order valence-corrected chi connectivity index (χ4v) is 2.97. The van der Waals surface area contributed by atoms with E-state index in [0.717, 1.165) is 5.56 Å². The van der Waals surface area contributed by atoms with Crippen LogP contribution < -0.4 is 14.9 Å². The lowest BCUT2D eigenvalue weighted by Gasteiger charge is -2.07. The zero-order valence-electron chi connectivity index (χ0n) is 15.3. The highest BCUT2D eigenvalue weighted by molar-refractivity contribution is 6.30. The zero-order chi connectivity index (χ0) is 20.4. The summed E-state index contributed by atoms with van der Waals surface area (Å²) < 4.78 is 16.3. The van der Waals surface area contributed by atoms with E-state index in [4.69, 9.17) is 25.5 Å². The Bertz CT molecular complexity index is 1240. The van der Waals surface area contributed by atoms with E-state index in [0.29, 0.717) is 33.1 Å². The van der Waals surface area contributed by atoms with E-state index in [1.165, 1.54) is 12.1 Å². The van der Waals surface area contributed by atoms with Crippen LogP contribution >= 0.6 is 11.6 Å². The number of carbonyl (C=O) groups excluding carboxylic acids is 1. The van der Waals surface area contributed by atoms with Crippen LogP contribution in [0.25, 0.3) is 22.3 Å². The topological polar surface area (TPSA) is 65.7 Å². The first-order valence-corrected chi connectivity index (χ1v) is 9.11. The summed E-state index contributed by atoms with van der Waals surface area (Å²) in [7, 11) is 1.55. The minimum atomic E-state index is -0.533. The van der Waals surface area contributed by atoms with Gasteiger partial charge in [-0.1, -0.05) is 11.6 Å². The third-order valence-corrected chi connectivity index (χ3v) is 4.62. The van der Waals surface area contributed by atoms with Crippen LogP contribution in [0, 0.1) is 0 Å². The Hall–Kier alpha value is -3.57. The maximum absolute atomic E-state index is 12.6. The molecular formula is C23H15ClO5. The Kier molecular flexibility index (Phi) is 5.06. The number of hydrogen-bond donors (Lipinski definition) is 0. The SMILES string of the molecule is COc1ccc(C(=O)Oc2ccc3oc(-c4ccc(Cl)cc4)cc(=O)c3c2)cc1. The smallest absolute Gasteiger partial charge is 0.343 e. The summed E-state index contributed by atoms with van der Waals surface area (Å²) in [4.78, 5) is 24.9. The van der Waals surface area contributed by atoms with Crippen molar-refractivity contribution in [3.8, 4) is 22.8 Å². The highest BCUT2D eigenvalue weighted by Gasteiger charge is 2.12. The van der Waals surface area contributed by atoms with Gasteiger partial charge in [0.15, 0.2) is 5.43 Å². The molecule has 0 atom stereocenters. The van der Waals surface area contributed by atoms with Crippen molar-refractivity contribution in [1.82, 2.24) is 0 Å². The molecule has 0 saturated heterocycles. The minimum Gasteiger partial charge on any atom is -0.497 e. The molecule has 0 aliphatic rings. The maximum atomic E-state index is 12.6. The van der Waals surface area contributed by atoms with Gasteiger partial charge >= 0.3 is 5.97 Å². The molecule has 0 spiro atoms. The van der Waals surface area contributed by atoms with Gasteiger partial charge in [-0.2, -0.15) is 0 Å². The third-order valence-electron chi connectivity index (χ3n) is 4.36. The third kappa shape index (κ3) is 4.00. The van der Waals surface area contributed by atoms with Crippen molar-refractivity contribution >= 4 is 28.5 Å². The van der Waals surface area contributed by atoms with E-state index in [-0.39, 0.29) is 11.2 Å². The van der Waals surface area contributed by atoms with Crippen LogP contribution in [-0.4, -0.2) is 13.1 Å². The van der Waals surface area contributed by atoms with Crippen molar-refractivity contribution in [3.05, 3.63) is 93.6 Å². The van der Waals surface area contributed by atoms with Gasteiger partial charge in [0.25, 0.3) is 0 Å². The molecule has 5 nitrogen and oxygen atoms in total. The van der Waals surface area contributed by atoms with Crippen molar-refractivity contribution in [2.24, 2.45) is 0 Å². The molecule has 0 aliphatic heterocycles. The largest absolute Gasteiger partial charge is 0.497 e. The Labute approximate surface area is 171 Å². The number of fused-ring (bicyclic) bond motifs is 1. The van der Waals surface area contributed by atoms with E-state index in [9.17, 15) is 9.59 Å². The van der Waals surface area contributed by atoms with Gasteiger partial charge in [-0.25, -0.2) is 4.79 Å². The van der Waals surface area contributed by atoms with Crippen LogP contribution in [0.3, 0.4) is 0 Å². The molecule has 1 aromatic heterocycles. The summed E-state index contributed by atoms with van der Waals surface area (Å²) in [5.74, 6) is 0.794. The van der Waals surface area contributed by atoms with E-state index in [1.54, 1.807) is 67.8 Å². The number of hydrogen-bond acceptors (Lipinski definition) is 5. The molecule has 0 aliphatic carbocycles. The second-order valence-corrected chi connectivity index (χ2v) is 6.69. The molecule has 0 amide bonds. The number of carbonyl (C=O) groups is 1. The average molecular weight is 407 g/mol. The van der Waals surface area contributed by atoms with Gasteiger partial charge in [0.2, 0.25) is 0 Å². The molecule has 29 heavy (non-hydrogen) atoms. The molecule has 0 N–H and O–H groups in total. The molecule has 0 unspecified atom stereocenters. The van der Waals surface area contributed by atoms with Gasteiger partial charge in [-0.15, -0.1) is 0 Å². The number of benzene rings is 3.